The molecule has 0 saturated carbocycles. The second kappa shape index (κ2) is 17.8. The predicted octanol–water partition coefficient (Wildman–Crippen LogP) is 14.4. The van der Waals surface area contributed by atoms with Gasteiger partial charge < -0.3 is 9.13 Å². The van der Waals surface area contributed by atoms with Gasteiger partial charge in [0.25, 0.3) is 0 Å². The summed E-state index contributed by atoms with van der Waals surface area (Å²) in [4.78, 5) is 14.8. The molecule has 0 bridgehead atoms. The van der Waals surface area contributed by atoms with E-state index >= 15 is 0 Å². The van der Waals surface area contributed by atoms with Gasteiger partial charge in [-0.3, -0.25) is 0 Å². The molecule has 9 aromatic carbocycles. The van der Waals surface area contributed by atoms with Crippen molar-refractivity contribution < 1.29 is 0 Å². The average Bonchev–Trinajstić information content (AvgIpc) is 3.95. The van der Waals surface area contributed by atoms with Crippen LogP contribution in [0.25, 0.3) is 111 Å². The molecule has 10 nitrogen and oxygen atoms in total. The summed E-state index contributed by atoms with van der Waals surface area (Å²) in [6.07, 6.45) is 0. The average molecular weight is 945 g/mol. The second-order valence-electron chi connectivity index (χ2n) is 18.0. The molecule has 0 amide bonds. The zero-order chi connectivity index (χ0) is 50.6. The van der Waals surface area contributed by atoms with E-state index in [1.165, 1.54) is 0 Å². The zero-order valence-corrected chi connectivity index (χ0v) is 39.8. The van der Waals surface area contributed by atoms with Gasteiger partial charge in [0, 0.05) is 21.5 Å². The van der Waals surface area contributed by atoms with Gasteiger partial charge in [0.1, 0.15) is 11.6 Å². The van der Waals surface area contributed by atoms with Crippen LogP contribution in [0, 0.1) is 70.5 Å². The third kappa shape index (κ3) is 7.18. The third-order valence-corrected chi connectivity index (χ3v) is 13.8. The van der Waals surface area contributed by atoms with Crippen molar-refractivity contribution in [3.05, 3.63) is 221 Å². The molecule has 0 aliphatic heterocycles. The number of benzene rings is 9. The number of hydrogen-bond acceptors (Lipinski definition) is 8. The van der Waals surface area contributed by atoms with Gasteiger partial charge in [-0.25, -0.2) is 15.0 Å². The van der Waals surface area contributed by atoms with Crippen LogP contribution in [0.5, 0.6) is 0 Å². The van der Waals surface area contributed by atoms with Crippen molar-refractivity contribution in [3.63, 3.8) is 0 Å². The molecule has 74 heavy (non-hydrogen) atoms. The van der Waals surface area contributed by atoms with Gasteiger partial charge in [-0.1, -0.05) is 121 Å². The van der Waals surface area contributed by atoms with E-state index in [1.54, 1.807) is 24.3 Å². The molecule has 0 radical (unpaired) electrons. The first kappa shape index (κ1) is 44.3. The predicted molar refractivity (Wildman–Crippen MR) is 289 cm³/mol. The van der Waals surface area contributed by atoms with Crippen LogP contribution in [0.4, 0.5) is 0 Å². The zero-order valence-electron chi connectivity index (χ0n) is 39.8. The van der Waals surface area contributed by atoms with Crippen LogP contribution in [0.1, 0.15) is 39.5 Å². The molecular formula is C64H36N10. The lowest BCUT2D eigenvalue weighted by atomic mass is 9.98. The molecule has 10 heteroatoms. The number of nitrogens with zero attached hydrogens (tertiary/aromatic N) is 10. The van der Waals surface area contributed by atoms with E-state index in [0.717, 1.165) is 88.1 Å². The van der Waals surface area contributed by atoms with E-state index < -0.39 is 0 Å². The fourth-order valence-electron chi connectivity index (χ4n) is 10.5. The molecule has 0 N–H and O–H groups in total. The first-order valence-corrected chi connectivity index (χ1v) is 23.7. The van der Waals surface area contributed by atoms with E-state index in [0.29, 0.717) is 62.2 Å². The molecule has 12 aromatic rings. The molecule has 12 rings (SSSR count). The Hall–Kier alpha value is -11.0. The quantitative estimate of drug-likeness (QED) is 0.152. The van der Waals surface area contributed by atoms with Crippen molar-refractivity contribution in [1.29, 1.82) is 26.3 Å². The highest BCUT2D eigenvalue weighted by Crippen LogP contribution is 2.45. The molecule has 0 spiro atoms. The highest BCUT2D eigenvalue weighted by Gasteiger charge is 2.27. The standard InChI is InChI=1S/C64H36N10/c1-38-70-39(2)72-64(71-38)63-61(73-57-29-41(49-15-7-3-11-45(49)34-66)19-23-53(57)54-24-20-42(30-58(54)73)50-16-8-4-12-46(50)35-67)27-40(33-65)28-62(63)74-59-31-43(51-17-9-5-13-47(51)36-68)21-25-55(59)56-26-22-44(32-60(56)74)52-18-10-6-14-48(52)37-69/h3-32H,1-2H3. The van der Waals surface area contributed by atoms with Crippen molar-refractivity contribution >= 4 is 43.6 Å². The van der Waals surface area contributed by atoms with Crippen molar-refractivity contribution in [2.75, 3.05) is 0 Å². The summed E-state index contributed by atoms with van der Waals surface area (Å²) in [7, 11) is 0. The van der Waals surface area contributed by atoms with Gasteiger partial charge in [-0.2, -0.15) is 26.3 Å². The monoisotopic (exact) mass is 944 g/mol. The Labute approximate surface area is 425 Å². The van der Waals surface area contributed by atoms with Gasteiger partial charge in [0.15, 0.2) is 5.82 Å². The second-order valence-corrected chi connectivity index (χ2v) is 18.0. The smallest absolute Gasteiger partial charge is 0.167 e. The number of aryl methyl sites for hydroxylation is 2. The van der Waals surface area contributed by atoms with Crippen LogP contribution in [0.2, 0.25) is 0 Å². The van der Waals surface area contributed by atoms with Crippen LogP contribution >= 0.6 is 0 Å². The van der Waals surface area contributed by atoms with Crippen LogP contribution in [0.3, 0.4) is 0 Å². The number of nitriles is 5. The molecule has 3 heterocycles. The lowest BCUT2D eigenvalue weighted by Crippen LogP contribution is -2.08. The maximum Gasteiger partial charge on any atom is 0.167 e. The summed E-state index contributed by atoms with van der Waals surface area (Å²) in [6, 6.07) is 70.5. The maximum atomic E-state index is 11.3. The van der Waals surface area contributed by atoms with Gasteiger partial charge in [-0.15, -0.1) is 0 Å². The molecule has 0 unspecified atom stereocenters. The number of hydrogen-bond donors (Lipinski definition) is 0. The topological polar surface area (TPSA) is 167 Å². The molecule has 3 aromatic heterocycles. The maximum absolute atomic E-state index is 11.3. The van der Waals surface area contributed by atoms with E-state index in [4.69, 9.17) is 9.97 Å². The number of aromatic nitrogens is 5. The van der Waals surface area contributed by atoms with E-state index in [9.17, 15) is 26.3 Å². The Morgan fingerprint density at radius 2 is 0.635 bits per heavy atom. The normalized spacial score (nSPS) is 11.0. The lowest BCUT2D eigenvalue weighted by Gasteiger charge is -2.21. The minimum Gasteiger partial charge on any atom is -0.308 e. The third-order valence-electron chi connectivity index (χ3n) is 13.8. The largest absolute Gasteiger partial charge is 0.308 e. The molecular weight excluding hydrogens is 909 g/mol. The summed E-state index contributed by atoms with van der Waals surface area (Å²) in [6.45, 7) is 3.66. The first-order valence-electron chi connectivity index (χ1n) is 23.7. The van der Waals surface area contributed by atoms with Crippen molar-refractivity contribution in [2.45, 2.75) is 13.8 Å². The summed E-state index contributed by atoms with van der Waals surface area (Å²) in [5, 5.41) is 56.2. The van der Waals surface area contributed by atoms with Crippen molar-refractivity contribution in [1.82, 2.24) is 24.1 Å². The molecule has 0 saturated heterocycles. The summed E-state index contributed by atoms with van der Waals surface area (Å²) < 4.78 is 4.29. The van der Waals surface area contributed by atoms with Gasteiger partial charge >= 0.3 is 0 Å². The number of fused-ring (bicyclic) bond motifs is 6. The Kier molecular flexibility index (Phi) is 10.6. The Morgan fingerprint density at radius 3 is 0.919 bits per heavy atom. The fourth-order valence-corrected chi connectivity index (χ4v) is 10.5. The van der Waals surface area contributed by atoms with Crippen LogP contribution in [-0.2, 0) is 0 Å². The summed E-state index contributed by atoms with van der Waals surface area (Å²) in [5.41, 5.74) is 13.7. The van der Waals surface area contributed by atoms with E-state index in [2.05, 4.69) is 93.0 Å². The molecule has 342 valence electrons. The van der Waals surface area contributed by atoms with Crippen LogP contribution in [0.15, 0.2) is 182 Å². The van der Waals surface area contributed by atoms with E-state index in [-0.39, 0.29) is 0 Å². The number of rotatable bonds is 7. The lowest BCUT2D eigenvalue weighted by molar-refractivity contribution is 0.924. The molecule has 0 aliphatic carbocycles. The Bertz CT molecular complexity index is 4090. The fraction of sp³-hybridized carbons (Fsp3) is 0.0312. The SMILES string of the molecule is Cc1nc(C)nc(-c2c(-n3c4cc(-c5ccccc5C#N)ccc4c4ccc(-c5ccccc5C#N)cc43)cc(C#N)cc2-n2c3cc(-c4ccccc4C#N)ccc3c3ccc(-c4ccccc4C#N)cc32)n1. The van der Waals surface area contributed by atoms with Crippen molar-refractivity contribution in [2.24, 2.45) is 0 Å². The van der Waals surface area contributed by atoms with Crippen LogP contribution in [-0.4, -0.2) is 24.1 Å². The van der Waals surface area contributed by atoms with Gasteiger partial charge in [0.05, 0.1) is 97.2 Å². The summed E-state index contributed by atoms with van der Waals surface area (Å²) in [5.74, 6) is 1.35. The molecule has 0 aliphatic rings. The minimum atomic E-state index is 0.347. The molecule has 0 fully saturated rings. The highest BCUT2D eigenvalue weighted by atomic mass is 15.1. The molecule has 0 atom stereocenters. The first-order chi connectivity index (χ1) is 36.3. The Morgan fingerprint density at radius 1 is 0.338 bits per heavy atom. The minimum absolute atomic E-state index is 0.347. The Balaban J connectivity index is 1.28. The van der Waals surface area contributed by atoms with Gasteiger partial charge in [-0.05, 0) is 119 Å². The summed E-state index contributed by atoms with van der Waals surface area (Å²) >= 11 is 0. The van der Waals surface area contributed by atoms with E-state index in [1.807, 2.05) is 123 Å². The van der Waals surface area contributed by atoms with Crippen molar-refractivity contribution in [3.8, 4) is 97.6 Å². The van der Waals surface area contributed by atoms with Crippen LogP contribution < -0.4 is 0 Å². The highest BCUT2D eigenvalue weighted by molar-refractivity contribution is 6.14. The van der Waals surface area contributed by atoms with Gasteiger partial charge in [0.2, 0.25) is 0 Å².